The number of benzene rings is 1. The summed E-state index contributed by atoms with van der Waals surface area (Å²) in [7, 11) is 0. The molecule has 1 aromatic rings. The van der Waals surface area contributed by atoms with Crippen LogP contribution in [-0.4, -0.2) is 24.5 Å². The van der Waals surface area contributed by atoms with Crippen LogP contribution in [0.4, 0.5) is 5.69 Å². The minimum absolute atomic E-state index is 0.0524. The molecule has 3 N–H and O–H groups in total. The first kappa shape index (κ1) is 11.9. The van der Waals surface area contributed by atoms with Crippen molar-refractivity contribution < 1.29 is 4.79 Å². The van der Waals surface area contributed by atoms with Crippen molar-refractivity contribution in [2.75, 3.05) is 24.3 Å². The quantitative estimate of drug-likeness (QED) is 0.592. The number of nitrogens with one attached hydrogen (secondary N) is 1. The van der Waals surface area contributed by atoms with Gasteiger partial charge in [-0.2, -0.15) is 11.8 Å². The molecule has 0 saturated heterocycles. The van der Waals surface area contributed by atoms with Crippen LogP contribution < -0.4 is 11.1 Å². The van der Waals surface area contributed by atoms with Gasteiger partial charge in [0.25, 0.3) is 5.91 Å². The Morgan fingerprint density at radius 1 is 1.53 bits per heavy atom. The Morgan fingerprint density at radius 2 is 2.33 bits per heavy atom. The number of carbonyl (C=O) groups excluding carboxylic acids is 1. The zero-order valence-electron chi connectivity index (χ0n) is 8.82. The van der Waals surface area contributed by atoms with E-state index in [4.69, 9.17) is 5.73 Å². The summed E-state index contributed by atoms with van der Waals surface area (Å²) in [5, 5.41) is 2.85. The lowest BCUT2D eigenvalue weighted by Gasteiger charge is -2.04. The summed E-state index contributed by atoms with van der Waals surface area (Å²) < 4.78 is 0. The third-order valence-corrected chi connectivity index (χ3v) is 2.66. The van der Waals surface area contributed by atoms with Crippen LogP contribution >= 0.6 is 11.8 Å². The smallest absolute Gasteiger partial charge is 0.251 e. The van der Waals surface area contributed by atoms with Gasteiger partial charge in [-0.15, -0.1) is 0 Å². The second-order valence-corrected chi connectivity index (χ2v) is 4.21. The number of nitrogen functional groups attached to an aromatic ring is 1. The highest BCUT2D eigenvalue weighted by Gasteiger charge is 2.03. The molecule has 0 radical (unpaired) electrons. The van der Waals surface area contributed by atoms with Gasteiger partial charge in [0.05, 0.1) is 0 Å². The number of thioether (sulfide) groups is 1. The molecule has 0 unspecified atom stereocenters. The monoisotopic (exact) mass is 224 g/mol. The van der Waals surface area contributed by atoms with Crippen LogP contribution in [0.1, 0.15) is 16.8 Å². The van der Waals surface area contributed by atoms with Gasteiger partial charge < -0.3 is 11.1 Å². The lowest BCUT2D eigenvalue weighted by atomic mass is 10.2. The molecule has 0 bridgehead atoms. The van der Waals surface area contributed by atoms with Gasteiger partial charge in [-0.05, 0) is 36.6 Å². The van der Waals surface area contributed by atoms with Gasteiger partial charge in [-0.1, -0.05) is 6.07 Å². The standard InChI is InChI=1S/C11H16N2OS/c1-15-7-3-6-13-11(14)9-4-2-5-10(12)8-9/h2,4-5,8H,3,6-7,12H2,1H3,(H,13,14). The molecule has 0 fully saturated rings. The van der Waals surface area contributed by atoms with Gasteiger partial charge in [0.2, 0.25) is 0 Å². The molecule has 1 rings (SSSR count). The molecule has 0 aliphatic heterocycles. The highest BCUT2D eigenvalue weighted by Crippen LogP contribution is 2.06. The van der Waals surface area contributed by atoms with Gasteiger partial charge in [0.15, 0.2) is 0 Å². The van der Waals surface area contributed by atoms with E-state index in [2.05, 4.69) is 11.6 Å². The first-order valence-corrected chi connectivity index (χ1v) is 6.26. The minimum Gasteiger partial charge on any atom is -0.399 e. The van der Waals surface area contributed by atoms with E-state index >= 15 is 0 Å². The number of anilines is 1. The van der Waals surface area contributed by atoms with Crippen LogP contribution in [0.25, 0.3) is 0 Å². The van der Waals surface area contributed by atoms with E-state index in [1.807, 2.05) is 0 Å². The van der Waals surface area contributed by atoms with Gasteiger partial charge >= 0.3 is 0 Å². The van der Waals surface area contributed by atoms with Crippen LogP contribution in [-0.2, 0) is 0 Å². The van der Waals surface area contributed by atoms with E-state index in [-0.39, 0.29) is 5.91 Å². The van der Waals surface area contributed by atoms with E-state index in [0.29, 0.717) is 17.8 Å². The summed E-state index contributed by atoms with van der Waals surface area (Å²) in [5.41, 5.74) is 6.83. The number of carbonyl (C=O) groups is 1. The van der Waals surface area contributed by atoms with Crippen molar-refractivity contribution in [3.63, 3.8) is 0 Å². The average molecular weight is 224 g/mol. The maximum absolute atomic E-state index is 11.6. The molecule has 0 aromatic heterocycles. The van der Waals surface area contributed by atoms with Crippen molar-refractivity contribution in [2.45, 2.75) is 6.42 Å². The third kappa shape index (κ3) is 4.25. The molecular formula is C11H16N2OS. The molecule has 0 atom stereocenters. The number of rotatable bonds is 5. The Bertz CT molecular complexity index is 328. The molecule has 1 aromatic carbocycles. The van der Waals surface area contributed by atoms with Crippen molar-refractivity contribution in [2.24, 2.45) is 0 Å². The summed E-state index contributed by atoms with van der Waals surface area (Å²) in [5.74, 6) is 1.01. The van der Waals surface area contributed by atoms with Crippen LogP contribution in [0.15, 0.2) is 24.3 Å². The normalized spacial score (nSPS) is 9.93. The Balaban J connectivity index is 2.40. The highest BCUT2D eigenvalue weighted by molar-refractivity contribution is 7.98. The minimum atomic E-state index is -0.0524. The first-order chi connectivity index (χ1) is 7.24. The van der Waals surface area contributed by atoms with Gasteiger partial charge in [0, 0.05) is 17.8 Å². The van der Waals surface area contributed by atoms with E-state index in [9.17, 15) is 4.79 Å². The van der Waals surface area contributed by atoms with Crippen LogP contribution in [0.2, 0.25) is 0 Å². The summed E-state index contributed by atoms with van der Waals surface area (Å²) in [6.45, 7) is 0.717. The summed E-state index contributed by atoms with van der Waals surface area (Å²) in [6, 6.07) is 7.00. The lowest BCUT2D eigenvalue weighted by molar-refractivity contribution is 0.0954. The van der Waals surface area contributed by atoms with Crippen molar-refractivity contribution in [1.29, 1.82) is 0 Å². The van der Waals surface area contributed by atoms with Crippen molar-refractivity contribution >= 4 is 23.4 Å². The average Bonchev–Trinajstić information content (AvgIpc) is 2.24. The van der Waals surface area contributed by atoms with Crippen molar-refractivity contribution in [1.82, 2.24) is 5.32 Å². The molecule has 0 aliphatic rings. The third-order valence-electron chi connectivity index (χ3n) is 1.96. The Kier molecular flexibility index (Phi) is 5.04. The molecule has 0 spiro atoms. The number of amides is 1. The molecule has 1 amide bonds. The van der Waals surface area contributed by atoms with E-state index < -0.39 is 0 Å². The lowest BCUT2D eigenvalue weighted by Crippen LogP contribution is -2.24. The highest BCUT2D eigenvalue weighted by atomic mass is 32.2. The molecule has 3 nitrogen and oxygen atoms in total. The molecule has 82 valence electrons. The van der Waals surface area contributed by atoms with Crippen molar-refractivity contribution in [3.8, 4) is 0 Å². The maximum atomic E-state index is 11.6. The zero-order chi connectivity index (χ0) is 11.1. The number of hydrogen-bond acceptors (Lipinski definition) is 3. The Morgan fingerprint density at radius 3 is 3.00 bits per heavy atom. The van der Waals surface area contributed by atoms with Crippen LogP contribution in [0.5, 0.6) is 0 Å². The topological polar surface area (TPSA) is 55.1 Å². The van der Waals surface area contributed by atoms with E-state index in [1.54, 1.807) is 36.0 Å². The summed E-state index contributed by atoms with van der Waals surface area (Å²) in [6.07, 6.45) is 3.05. The predicted octanol–water partition coefficient (Wildman–Crippen LogP) is 1.75. The van der Waals surface area contributed by atoms with E-state index in [1.165, 1.54) is 0 Å². The fraction of sp³-hybridized carbons (Fsp3) is 0.364. The van der Waals surface area contributed by atoms with Gasteiger partial charge in [-0.3, -0.25) is 4.79 Å². The molecule has 15 heavy (non-hydrogen) atoms. The van der Waals surface area contributed by atoms with Gasteiger partial charge in [0.1, 0.15) is 0 Å². The van der Waals surface area contributed by atoms with Crippen LogP contribution in [0, 0.1) is 0 Å². The Labute approximate surface area is 94.4 Å². The second-order valence-electron chi connectivity index (χ2n) is 3.23. The fourth-order valence-corrected chi connectivity index (χ4v) is 1.63. The number of hydrogen-bond donors (Lipinski definition) is 2. The number of nitrogens with two attached hydrogens (primary N) is 1. The predicted molar refractivity (Wildman–Crippen MR) is 66.2 cm³/mol. The Hall–Kier alpha value is -1.16. The molecule has 4 heteroatoms. The molecular weight excluding hydrogens is 208 g/mol. The SMILES string of the molecule is CSCCCNC(=O)c1cccc(N)c1. The summed E-state index contributed by atoms with van der Waals surface area (Å²) >= 11 is 1.78. The van der Waals surface area contributed by atoms with E-state index in [0.717, 1.165) is 12.2 Å². The molecule has 0 saturated carbocycles. The van der Waals surface area contributed by atoms with Crippen molar-refractivity contribution in [3.05, 3.63) is 29.8 Å². The fourth-order valence-electron chi connectivity index (χ4n) is 1.20. The van der Waals surface area contributed by atoms with Crippen LogP contribution in [0.3, 0.4) is 0 Å². The van der Waals surface area contributed by atoms with Gasteiger partial charge in [-0.25, -0.2) is 0 Å². The molecule has 0 aliphatic carbocycles. The zero-order valence-corrected chi connectivity index (χ0v) is 9.64. The maximum Gasteiger partial charge on any atom is 0.251 e. The molecule has 0 heterocycles. The first-order valence-electron chi connectivity index (χ1n) is 4.86. The largest absolute Gasteiger partial charge is 0.399 e. The second kappa shape index (κ2) is 6.35. The summed E-state index contributed by atoms with van der Waals surface area (Å²) in [4.78, 5) is 11.6.